The third-order valence-electron chi connectivity index (χ3n) is 4.46. The first-order chi connectivity index (χ1) is 12.9. The van der Waals surface area contributed by atoms with E-state index in [-0.39, 0.29) is 0 Å². The highest BCUT2D eigenvalue weighted by molar-refractivity contribution is 5.79. The Morgan fingerprint density at radius 2 is 1.27 bits per heavy atom. The first kappa shape index (κ1) is 14.8. The van der Waals surface area contributed by atoms with Crippen molar-refractivity contribution in [3.8, 4) is 11.3 Å². The Labute approximate surface area is 150 Å². The second-order valence-electron chi connectivity index (χ2n) is 6.25. The minimum atomic E-state index is 0.608. The van der Waals surface area contributed by atoms with Gasteiger partial charge in [-0.3, -0.25) is 0 Å². The van der Waals surface area contributed by atoms with Crippen LogP contribution in [0.4, 0.5) is 0 Å². The molecule has 0 aliphatic rings. The lowest BCUT2D eigenvalue weighted by molar-refractivity contribution is 0.986. The number of imidazole rings is 1. The monoisotopic (exact) mass is 336 g/mol. The van der Waals surface area contributed by atoms with E-state index in [9.17, 15) is 0 Å². The molecule has 0 radical (unpaired) electrons. The first-order valence-electron chi connectivity index (χ1n) is 8.61. The third kappa shape index (κ3) is 2.62. The van der Waals surface area contributed by atoms with E-state index in [1.165, 1.54) is 0 Å². The van der Waals surface area contributed by atoms with Crippen molar-refractivity contribution >= 4 is 22.1 Å². The lowest BCUT2D eigenvalue weighted by Gasteiger charge is -2.09. The molecule has 0 aliphatic carbocycles. The maximum Gasteiger partial charge on any atom is 0.113 e. The number of hydrogen-bond donors (Lipinski definition) is 1. The van der Waals surface area contributed by atoms with E-state index in [4.69, 9.17) is 15.0 Å². The molecule has 0 saturated heterocycles. The van der Waals surface area contributed by atoms with Gasteiger partial charge in [0.05, 0.1) is 39.9 Å². The predicted octanol–water partition coefficient (Wildman–Crippen LogP) is 4.76. The van der Waals surface area contributed by atoms with E-state index in [0.717, 1.165) is 44.8 Å². The minimum absolute atomic E-state index is 0.608. The zero-order valence-corrected chi connectivity index (χ0v) is 14.1. The highest BCUT2D eigenvalue weighted by Crippen LogP contribution is 2.25. The van der Waals surface area contributed by atoms with Gasteiger partial charge in [-0.15, -0.1) is 0 Å². The number of benzene rings is 3. The Morgan fingerprint density at radius 1 is 0.615 bits per heavy atom. The summed E-state index contributed by atoms with van der Waals surface area (Å²) in [6.07, 6.45) is 0.608. The second-order valence-corrected chi connectivity index (χ2v) is 6.25. The molecule has 1 N–H and O–H groups in total. The van der Waals surface area contributed by atoms with Gasteiger partial charge in [0, 0.05) is 5.56 Å². The van der Waals surface area contributed by atoms with E-state index in [1.54, 1.807) is 0 Å². The number of nitrogens with zero attached hydrogens (tertiary/aromatic N) is 3. The van der Waals surface area contributed by atoms with Crippen LogP contribution in [0.1, 0.15) is 11.5 Å². The average molecular weight is 336 g/mol. The molecule has 5 aromatic rings. The summed E-state index contributed by atoms with van der Waals surface area (Å²) >= 11 is 0. The van der Waals surface area contributed by atoms with E-state index < -0.39 is 0 Å². The Morgan fingerprint density at radius 3 is 2.04 bits per heavy atom. The van der Waals surface area contributed by atoms with Gasteiger partial charge in [-0.25, -0.2) is 15.0 Å². The zero-order chi connectivity index (χ0) is 17.3. The normalized spacial score (nSPS) is 11.2. The summed E-state index contributed by atoms with van der Waals surface area (Å²) in [4.78, 5) is 17.9. The van der Waals surface area contributed by atoms with Crippen molar-refractivity contribution < 1.29 is 0 Å². The van der Waals surface area contributed by atoms with Crippen molar-refractivity contribution in [1.29, 1.82) is 0 Å². The molecule has 2 heterocycles. The molecular weight excluding hydrogens is 320 g/mol. The minimum Gasteiger partial charge on any atom is -0.342 e. The van der Waals surface area contributed by atoms with Gasteiger partial charge >= 0.3 is 0 Å². The van der Waals surface area contributed by atoms with Gasteiger partial charge in [0.15, 0.2) is 0 Å². The van der Waals surface area contributed by atoms with E-state index >= 15 is 0 Å². The number of nitrogens with one attached hydrogen (secondary N) is 1. The standard InChI is InChI=1S/C22H16N4/c1-2-8-15(9-3-1)22-20(23-16-10-4-7-13-19(16)26-22)14-21-24-17-11-5-6-12-18(17)25-21/h1-13H,14H2,(H,24,25). The molecule has 0 unspecified atom stereocenters. The van der Waals surface area contributed by atoms with Crippen LogP contribution in [0.2, 0.25) is 0 Å². The Balaban J connectivity index is 1.67. The highest BCUT2D eigenvalue weighted by Gasteiger charge is 2.13. The predicted molar refractivity (Wildman–Crippen MR) is 104 cm³/mol. The van der Waals surface area contributed by atoms with E-state index in [2.05, 4.69) is 17.1 Å². The molecule has 0 bridgehead atoms. The van der Waals surface area contributed by atoms with Crippen molar-refractivity contribution in [3.05, 3.63) is 90.4 Å². The fourth-order valence-corrected chi connectivity index (χ4v) is 3.23. The molecular formula is C22H16N4. The molecule has 0 saturated carbocycles. The summed E-state index contributed by atoms with van der Waals surface area (Å²) < 4.78 is 0. The zero-order valence-electron chi connectivity index (χ0n) is 14.1. The van der Waals surface area contributed by atoms with Crippen LogP contribution in [0.5, 0.6) is 0 Å². The van der Waals surface area contributed by atoms with E-state index in [0.29, 0.717) is 6.42 Å². The quantitative estimate of drug-likeness (QED) is 0.516. The number of rotatable bonds is 3. The molecule has 2 aromatic heterocycles. The van der Waals surface area contributed by atoms with Crippen LogP contribution in [0, 0.1) is 0 Å². The van der Waals surface area contributed by atoms with Gasteiger partial charge in [-0.05, 0) is 24.3 Å². The van der Waals surface area contributed by atoms with Crippen molar-refractivity contribution in [2.75, 3.05) is 0 Å². The van der Waals surface area contributed by atoms with Gasteiger partial charge in [0.25, 0.3) is 0 Å². The lowest BCUT2D eigenvalue weighted by atomic mass is 10.1. The number of H-pyrrole nitrogens is 1. The number of fused-ring (bicyclic) bond motifs is 2. The first-order valence-corrected chi connectivity index (χ1v) is 8.61. The second kappa shape index (κ2) is 6.08. The summed E-state index contributed by atoms with van der Waals surface area (Å²) in [6.45, 7) is 0. The Bertz CT molecular complexity index is 1180. The van der Waals surface area contributed by atoms with Crippen LogP contribution >= 0.6 is 0 Å². The molecule has 0 spiro atoms. The van der Waals surface area contributed by atoms with Crippen molar-refractivity contribution in [3.63, 3.8) is 0 Å². The van der Waals surface area contributed by atoms with Gasteiger partial charge in [0.2, 0.25) is 0 Å². The Kier molecular flexibility index (Phi) is 3.46. The lowest BCUT2D eigenvalue weighted by Crippen LogP contribution is -2.01. The number of aromatic amines is 1. The molecule has 0 fully saturated rings. The summed E-state index contributed by atoms with van der Waals surface area (Å²) in [5, 5.41) is 0. The van der Waals surface area contributed by atoms with Crippen LogP contribution in [0.25, 0.3) is 33.3 Å². The SMILES string of the molecule is c1ccc(-c2nc3ccccc3nc2Cc2nc3ccccc3[nH]2)cc1. The van der Waals surface area contributed by atoms with Crippen molar-refractivity contribution in [1.82, 2.24) is 19.9 Å². The fraction of sp³-hybridized carbons (Fsp3) is 0.0455. The molecule has 124 valence electrons. The van der Waals surface area contributed by atoms with Gasteiger partial charge in [-0.1, -0.05) is 54.6 Å². The summed E-state index contributed by atoms with van der Waals surface area (Å²) in [7, 11) is 0. The number of aromatic nitrogens is 4. The molecule has 0 atom stereocenters. The van der Waals surface area contributed by atoms with Gasteiger partial charge in [-0.2, -0.15) is 0 Å². The fourth-order valence-electron chi connectivity index (χ4n) is 3.23. The van der Waals surface area contributed by atoms with Crippen molar-refractivity contribution in [2.45, 2.75) is 6.42 Å². The van der Waals surface area contributed by atoms with Crippen LogP contribution in [0.3, 0.4) is 0 Å². The third-order valence-corrected chi connectivity index (χ3v) is 4.46. The number of hydrogen-bond acceptors (Lipinski definition) is 3. The molecule has 5 rings (SSSR count). The smallest absolute Gasteiger partial charge is 0.113 e. The van der Waals surface area contributed by atoms with Gasteiger partial charge < -0.3 is 4.98 Å². The van der Waals surface area contributed by atoms with Gasteiger partial charge in [0.1, 0.15) is 5.82 Å². The molecule has 4 nitrogen and oxygen atoms in total. The molecule has 0 amide bonds. The highest BCUT2D eigenvalue weighted by atomic mass is 14.9. The largest absolute Gasteiger partial charge is 0.342 e. The topological polar surface area (TPSA) is 54.5 Å². The maximum atomic E-state index is 4.89. The van der Waals surface area contributed by atoms with Crippen LogP contribution in [-0.4, -0.2) is 19.9 Å². The summed E-state index contributed by atoms with van der Waals surface area (Å²) in [6, 6.07) is 26.2. The molecule has 0 aliphatic heterocycles. The maximum absolute atomic E-state index is 4.89. The molecule has 4 heteroatoms. The van der Waals surface area contributed by atoms with Crippen molar-refractivity contribution in [2.24, 2.45) is 0 Å². The molecule has 26 heavy (non-hydrogen) atoms. The summed E-state index contributed by atoms with van der Waals surface area (Å²) in [5.41, 5.74) is 6.71. The molecule has 3 aromatic carbocycles. The van der Waals surface area contributed by atoms with Crippen LogP contribution in [0.15, 0.2) is 78.9 Å². The van der Waals surface area contributed by atoms with E-state index in [1.807, 2.05) is 66.7 Å². The number of para-hydroxylation sites is 4. The Hall–Kier alpha value is -3.53. The van der Waals surface area contributed by atoms with Crippen LogP contribution < -0.4 is 0 Å². The average Bonchev–Trinajstić information content (AvgIpc) is 3.10. The van der Waals surface area contributed by atoms with Crippen LogP contribution in [-0.2, 0) is 6.42 Å². The summed E-state index contributed by atoms with van der Waals surface area (Å²) in [5.74, 6) is 0.896.